The van der Waals surface area contributed by atoms with Gasteiger partial charge in [0.05, 0.1) is 0 Å². The summed E-state index contributed by atoms with van der Waals surface area (Å²) in [5, 5.41) is 0. The molecule has 0 amide bonds. The van der Waals surface area contributed by atoms with Crippen LogP contribution in [0.5, 0.6) is 0 Å². The third kappa shape index (κ3) is 2.82. The summed E-state index contributed by atoms with van der Waals surface area (Å²) in [5.74, 6) is 0. The zero-order valence-corrected chi connectivity index (χ0v) is 13.8. The SMILES string of the molecule is Cc1ccc(-c2cccc(-c3ccc(C)cc3C)c2)c(C)c1. The Kier molecular flexibility index (Phi) is 3.85. The summed E-state index contributed by atoms with van der Waals surface area (Å²) < 4.78 is 0. The van der Waals surface area contributed by atoms with E-state index in [1.54, 1.807) is 0 Å². The standard InChI is InChI=1S/C22H22/c1-15-8-10-21(17(3)12-15)19-6-5-7-20(14-19)22-11-9-16(2)13-18(22)4/h5-14H,1-4H3. The highest BCUT2D eigenvalue weighted by Crippen LogP contribution is 2.30. The van der Waals surface area contributed by atoms with Crippen molar-refractivity contribution in [3.05, 3.63) is 82.9 Å². The van der Waals surface area contributed by atoms with E-state index in [-0.39, 0.29) is 0 Å². The molecule has 0 saturated heterocycles. The molecule has 0 radical (unpaired) electrons. The molecule has 0 heterocycles. The Morgan fingerprint density at radius 3 is 1.36 bits per heavy atom. The maximum absolute atomic E-state index is 2.30. The second-order valence-electron chi connectivity index (χ2n) is 6.22. The van der Waals surface area contributed by atoms with Crippen molar-refractivity contribution in [1.29, 1.82) is 0 Å². The number of hydrogen-bond acceptors (Lipinski definition) is 0. The van der Waals surface area contributed by atoms with E-state index in [1.807, 2.05) is 0 Å². The van der Waals surface area contributed by atoms with Gasteiger partial charge in [0.15, 0.2) is 0 Å². The molecule has 0 saturated carbocycles. The molecule has 0 bridgehead atoms. The number of hydrogen-bond donors (Lipinski definition) is 0. The average molecular weight is 286 g/mol. The van der Waals surface area contributed by atoms with Crippen molar-refractivity contribution >= 4 is 0 Å². The smallest absolute Gasteiger partial charge is 0.0154 e. The Balaban J connectivity index is 2.10. The summed E-state index contributed by atoms with van der Waals surface area (Å²) >= 11 is 0. The summed E-state index contributed by atoms with van der Waals surface area (Å²) in [7, 11) is 0. The predicted molar refractivity (Wildman–Crippen MR) is 96.3 cm³/mol. The van der Waals surface area contributed by atoms with E-state index in [4.69, 9.17) is 0 Å². The minimum atomic E-state index is 1.29. The van der Waals surface area contributed by atoms with Gasteiger partial charge in [-0.15, -0.1) is 0 Å². The van der Waals surface area contributed by atoms with Crippen molar-refractivity contribution in [2.45, 2.75) is 27.7 Å². The van der Waals surface area contributed by atoms with Crippen molar-refractivity contribution in [3.63, 3.8) is 0 Å². The summed E-state index contributed by atoms with van der Waals surface area (Å²) in [5.41, 5.74) is 10.5. The third-order valence-corrected chi connectivity index (χ3v) is 4.25. The summed E-state index contributed by atoms with van der Waals surface area (Å²) in [6.07, 6.45) is 0. The minimum Gasteiger partial charge on any atom is -0.0610 e. The molecule has 0 N–H and O–H groups in total. The summed E-state index contributed by atoms with van der Waals surface area (Å²) in [4.78, 5) is 0. The lowest BCUT2D eigenvalue weighted by Gasteiger charge is -2.11. The van der Waals surface area contributed by atoms with E-state index >= 15 is 0 Å². The molecule has 0 fully saturated rings. The van der Waals surface area contributed by atoms with Gasteiger partial charge < -0.3 is 0 Å². The highest BCUT2D eigenvalue weighted by molar-refractivity contribution is 5.76. The van der Waals surface area contributed by atoms with E-state index in [0.717, 1.165) is 0 Å². The van der Waals surface area contributed by atoms with Crippen molar-refractivity contribution in [1.82, 2.24) is 0 Å². The quantitative estimate of drug-likeness (QED) is 0.522. The molecular weight excluding hydrogens is 264 g/mol. The fraction of sp³-hybridized carbons (Fsp3) is 0.182. The summed E-state index contributed by atoms with van der Waals surface area (Å²) in [6, 6.07) is 22.2. The second-order valence-corrected chi connectivity index (χ2v) is 6.22. The lowest BCUT2D eigenvalue weighted by molar-refractivity contribution is 1.37. The van der Waals surface area contributed by atoms with Crippen LogP contribution in [0.3, 0.4) is 0 Å². The largest absolute Gasteiger partial charge is 0.0610 e. The molecule has 0 aliphatic rings. The van der Waals surface area contributed by atoms with Crippen LogP contribution in [-0.4, -0.2) is 0 Å². The summed E-state index contributed by atoms with van der Waals surface area (Å²) in [6.45, 7) is 8.66. The fourth-order valence-corrected chi connectivity index (χ4v) is 3.13. The van der Waals surface area contributed by atoms with Crippen LogP contribution in [0, 0.1) is 27.7 Å². The normalized spacial score (nSPS) is 10.7. The zero-order chi connectivity index (χ0) is 15.7. The van der Waals surface area contributed by atoms with E-state index in [0.29, 0.717) is 0 Å². The van der Waals surface area contributed by atoms with Crippen LogP contribution in [0.1, 0.15) is 22.3 Å². The van der Waals surface area contributed by atoms with E-state index in [9.17, 15) is 0 Å². The Labute approximate surface area is 133 Å². The van der Waals surface area contributed by atoms with E-state index < -0.39 is 0 Å². The van der Waals surface area contributed by atoms with Crippen LogP contribution in [-0.2, 0) is 0 Å². The molecule has 0 spiro atoms. The first-order valence-corrected chi connectivity index (χ1v) is 7.80. The molecule has 3 aromatic rings. The Bertz CT molecular complexity index is 758. The Morgan fingerprint density at radius 2 is 0.955 bits per heavy atom. The van der Waals surface area contributed by atoms with Gasteiger partial charge in [0.2, 0.25) is 0 Å². The average Bonchev–Trinajstić information content (AvgIpc) is 2.47. The maximum atomic E-state index is 2.30. The Morgan fingerprint density at radius 1 is 0.500 bits per heavy atom. The highest BCUT2D eigenvalue weighted by Gasteiger charge is 2.06. The maximum Gasteiger partial charge on any atom is -0.0154 e. The first-order chi connectivity index (χ1) is 10.5. The van der Waals surface area contributed by atoms with Gasteiger partial charge in [-0.05, 0) is 67.1 Å². The van der Waals surface area contributed by atoms with Crippen LogP contribution in [0.25, 0.3) is 22.3 Å². The monoisotopic (exact) mass is 286 g/mol. The van der Waals surface area contributed by atoms with Gasteiger partial charge >= 0.3 is 0 Å². The van der Waals surface area contributed by atoms with Crippen LogP contribution in [0.2, 0.25) is 0 Å². The molecule has 0 unspecified atom stereocenters. The predicted octanol–water partition coefficient (Wildman–Crippen LogP) is 6.25. The molecule has 0 atom stereocenters. The molecule has 0 nitrogen and oxygen atoms in total. The number of benzene rings is 3. The van der Waals surface area contributed by atoms with Crippen LogP contribution in [0.4, 0.5) is 0 Å². The van der Waals surface area contributed by atoms with Gasteiger partial charge in [-0.2, -0.15) is 0 Å². The van der Waals surface area contributed by atoms with Crippen molar-refractivity contribution in [3.8, 4) is 22.3 Å². The van der Waals surface area contributed by atoms with E-state index in [2.05, 4.69) is 88.4 Å². The van der Waals surface area contributed by atoms with Crippen LogP contribution >= 0.6 is 0 Å². The van der Waals surface area contributed by atoms with E-state index in [1.165, 1.54) is 44.5 Å². The molecule has 3 rings (SSSR count). The van der Waals surface area contributed by atoms with Gasteiger partial charge in [0.1, 0.15) is 0 Å². The lowest BCUT2D eigenvalue weighted by atomic mass is 9.93. The Hall–Kier alpha value is -2.34. The second kappa shape index (κ2) is 5.81. The molecule has 110 valence electrons. The molecule has 22 heavy (non-hydrogen) atoms. The van der Waals surface area contributed by atoms with Crippen LogP contribution < -0.4 is 0 Å². The lowest BCUT2D eigenvalue weighted by Crippen LogP contribution is -1.88. The third-order valence-electron chi connectivity index (χ3n) is 4.25. The molecule has 3 aromatic carbocycles. The van der Waals surface area contributed by atoms with Gasteiger partial charge in [0.25, 0.3) is 0 Å². The van der Waals surface area contributed by atoms with Gasteiger partial charge in [-0.3, -0.25) is 0 Å². The number of rotatable bonds is 2. The van der Waals surface area contributed by atoms with Crippen molar-refractivity contribution in [2.75, 3.05) is 0 Å². The first-order valence-electron chi connectivity index (χ1n) is 7.80. The van der Waals surface area contributed by atoms with Gasteiger partial charge in [-0.25, -0.2) is 0 Å². The number of aryl methyl sites for hydroxylation is 4. The van der Waals surface area contributed by atoms with Crippen molar-refractivity contribution < 1.29 is 0 Å². The molecule has 0 aliphatic carbocycles. The highest BCUT2D eigenvalue weighted by atomic mass is 14.1. The topological polar surface area (TPSA) is 0 Å². The molecule has 0 heteroatoms. The first kappa shape index (κ1) is 14.6. The van der Waals surface area contributed by atoms with Gasteiger partial charge in [-0.1, -0.05) is 65.7 Å². The fourth-order valence-electron chi connectivity index (χ4n) is 3.13. The molecule has 0 aromatic heterocycles. The zero-order valence-electron chi connectivity index (χ0n) is 13.8. The molecule has 0 aliphatic heterocycles. The van der Waals surface area contributed by atoms with Crippen LogP contribution in [0.15, 0.2) is 60.7 Å². The molecular formula is C22H22. The minimum absolute atomic E-state index is 1.29. The van der Waals surface area contributed by atoms with Gasteiger partial charge in [0, 0.05) is 0 Å². The van der Waals surface area contributed by atoms with Crippen molar-refractivity contribution in [2.24, 2.45) is 0 Å².